The van der Waals surface area contributed by atoms with Crippen molar-refractivity contribution in [3.05, 3.63) is 144 Å². The average Bonchev–Trinajstić information content (AvgIpc) is 3.06. The van der Waals surface area contributed by atoms with Crippen molar-refractivity contribution >= 4 is 31.9 Å². The molecule has 0 amide bonds. The molecule has 0 aliphatic carbocycles. The quantitative estimate of drug-likeness (QED) is 0.0810. The molecule has 0 aliphatic rings. The van der Waals surface area contributed by atoms with Crippen molar-refractivity contribution in [3.63, 3.8) is 0 Å². The first-order valence-corrected chi connectivity index (χ1v) is 18.8. The summed E-state index contributed by atoms with van der Waals surface area (Å²) in [5.41, 5.74) is 4.54. The predicted molar refractivity (Wildman–Crippen MR) is 195 cm³/mol. The molecule has 7 heteroatoms. The fourth-order valence-electron chi connectivity index (χ4n) is 4.24. The Kier molecular flexibility index (Phi) is 15.5. The second kappa shape index (κ2) is 19.0. The van der Waals surface area contributed by atoms with Crippen molar-refractivity contribution in [2.24, 2.45) is 10.4 Å². The monoisotopic (exact) mass is 638 g/mol. The van der Waals surface area contributed by atoms with Gasteiger partial charge in [0.25, 0.3) is 5.95 Å². The summed E-state index contributed by atoms with van der Waals surface area (Å²) in [5, 5.41) is 3.45. The maximum atomic E-state index is 12.2. The van der Waals surface area contributed by atoms with Crippen LogP contribution in [0.4, 0.5) is 11.4 Å². The number of para-hydroxylation sites is 2. The van der Waals surface area contributed by atoms with Gasteiger partial charge in [0.05, 0.1) is 31.4 Å². The van der Waals surface area contributed by atoms with Crippen molar-refractivity contribution in [2.75, 3.05) is 19.5 Å². The van der Waals surface area contributed by atoms with Crippen LogP contribution in [0.25, 0.3) is 0 Å². The number of aliphatic imine (C=N–C) groups is 1. The van der Waals surface area contributed by atoms with Gasteiger partial charge in [-0.05, 0) is 82.7 Å². The highest BCUT2D eigenvalue weighted by Gasteiger charge is 2.39. The standard InChI is InChI=1S/C18H21NO2.C13H11N.C8H18O2Si/c1-18(2,17(20)21-3)16(14-10-6-4-7-11-14)19-15-12-8-5-9-13-15;1-3-7-12(8-4-1)11-14-13-9-5-2-6-10-13;1-7(2)8(9-3)10-11(4,5)6/h4-13,16,19H,1-3H3;1-11H;1-6H3. The summed E-state index contributed by atoms with van der Waals surface area (Å²) in [6.07, 6.45) is 1.87. The number of hydrogen-bond donors (Lipinski definition) is 1. The number of methoxy groups -OCH3 is 2. The van der Waals surface area contributed by atoms with Gasteiger partial charge in [0, 0.05) is 17.5 Å². The Morgan fingerprint density at radius 1 is 0.739 bits per heavy atom. The van der Waals surface area contributed by atoms with Crippen molar-refractivity contribution in [1.29, 1.82) is 0 Å². The van der Waals surface area contributed by atoms with E-state index >= 15 is 0 Å². The fraction of sp³-hybridized carbons (Fsp3) is 0.282. The van der Waals surface area contributed by atoms with Crippen molar-refractivity contribution in [2.45, 2.75) is 53.4 Å². The van der Waals surface area contributed by atoms with E-state index < -0.39 is 13.7 Å². The van der Waals surface area contributed by atoms with E-state index in [-0.39, 0.29) is 12.0 Å². The van der Waals surface area contributed by atoms with Gasteiger partial charge in [-0.2, -0.15) is 0 Å². The zero-order chi connectivity index (χ0) is 34.0. The van der Waals surface area contributed by atoms with Crippen LogP contribution in [0, 0.1) is 5.41 Å². The lowest BCUT2D eigenvalue weighted by atomic mass is 9.80. The molecular formula is C39H50N2O4Si. The topological polar surface area (TPSA) is 69.2 Å². The van der Waals surface area contributed by atoms with Crippen LogP contribution < -0.4 is 5.32 Å². The Labute approximate surface area is 277 Å². The summed E-state index contributed by atoms with van der Waals surface area (Å²) >= 11 is 0. The third-order valence-corrected chi connectivity index (χ3v) is 7.36. The minimum atomic E-state index is -1.49. The molecule has 0 saturated heterocycles. The van der Waals surface area contributed by atoms with E-state index in [0.717, 1.165) is 28.1 Å². The van der Waals surface area contributed by atoms with Gasteiger partial charge in [-0.1, -0.05) is 97.1 Å². The van der Waals surface area contributed by atoms with Crippen LogP contribution in [-0.4, -0.2) is 34.7 Å². The van der Waals surface area contributed by atoms with Crippen molar-refractivity contribution in [3.8, 4) is 0 Å². The third kappa shape index (κ3) is 13.6. The van der Waals surface area contributed by atoms with Gasteiger partial charge >= 0.3 is 5.97 Å². The van der Waals surface area contributed by atoms with Gasteiger partial charge in [-0.15, -0.1) is 0 Å². The van der Waals surface area contributed by atoms with E-state index in [4.69, 9.17) is 13.9 Å². The van der Waals surface area contributed by atoms with Gasteiger partial charge in [-0.3, -0.25) is 9.79 Å². The number of nitrogens with one attached hydrogen (secondary N) is 1. The number of ether oxygens (including phenoxy) is 2. The fourth-order valence-corrected chi connectivity index (χ4v) is 5.08. The molecule has 0 aromatic heterocycles. The van der Waals surface area contributed by atoms with Crippen LogP contribution in [0.15, 0.2) is 138 Å². The van der Waals surface area contributed by atoms with Crippen molar-refractivity contribution in [1.82, 2.24) is 0 Å². The maximum Gasteiger partial charge on any atom is 0.313 e. The molecule has 1 unspecified atom stereocenters. The van der Waals surface area contributed by atoms with E-state index in [1.807, 2.05) is 155 Å². The number of carbonyl (C=O) groups is 1. The van der Waals surface area contributed by atoms with Gasteiger partial charge in [0.1, 0.15) is 0 Å². The van der Waals surface area contributed by atoms with Gasteiger partial charge in [-0.25, -0.2) is 0 Å². The summed E-state index contributed by atoms with van der Waals surface area (Å²) in [6.45, 7) is 14.2. The molecule has 4 aromatic carbocycles. The molecule has 4 rings (SSSR count). The van der Waals surface area contributed by atoms with Gasteiger partial charge in [0.15, 0.2) is 0 Å². The van der Waals surface area contributed by atoms with E-state index in [2.05, 4.69) is 30.0 Å². The number of esters is 1. The molecule has 0 bridgehead atoms. The number of carbonyl (C=O) groups excluding carboxylic acids is 1. The SMILES string of the molecule is C(=Nc1ccccc1)c1ccccc1.COC(=O)C(C)(C)C(Nc1ccccc1)c1ccccc1.COC(O[Si](C)(C)C)=C(C)C. The van der Waals surface area contributed by atoms with Crippen LogP contribution in [0.1, 0.15) is 44.9 Å². The highest BCUT2D eigenvalue weighted by Crippen LogP contribution is 2.37. The van der Waals surface area contributed by atoms with Gasteiger partial charge < -0.3 is 19.2 Å². The average molecular weight is 639 g/mol. The van der Waals surface area contributed by atoms with Gasteiger partial charge in [0.2, 0.25) is 8.32 Å². The zero-order valence-corrected chi connectivity index (χ0v) is 29.8. The molecule has 46 heavy (non-hydrogen) atoms. The second-order valence-electron chi connectivity index (χ2n) is 12.3. The molecular weight excluding hydrogens is 589 g/mol. The summed E-state index contributed by atoms with van der Waals surface area (Å²) in [6, 6.07) is 39.7. The first kappa shape index (κ1) is 37.6. The number of benzene rings is 4. The lowest BCUT2D eigenvalue weighted by Crippen LogP contribution is -2.36. The van der Waals surface area contributed by atoms with Crippen molar-refractivity contribution < 1.29 is 18.7 Å². The maximum absolute atomic E-state index is 12.2. The first-order chi connectivity index (χ1) is 21.9. The number of hydrogen-bond acceptors (Lipinski definition) is 6. The van der Waals surface area contributed by atoms with E-state index in [1.165, 1.54) is 7.11 Å². The second-order valence-corrected chi connectivity index (χ2v) is 16.7. The highest BCUT2D eigenvalue weighted by atomic mass is 28.4. The van der Waals surface area contributed by atoms with E-state index in [1.54, 1.807) is 7.11 Å². The largest absolute Gasteiger partial charge is 0.520 e. The Morgan fingerprint density at radius 3 is 1.65 bits per heavy atom. The van der Waals surface area contributed by atoms with Crippen LogP contribution in [-0.2, 0) is 18.7 Å². The molecule has 0 saturated carbocycles. The van der Waals surface area contributed by atoms with Crippen LogP contribution >= 0.6 is 0 Å². The number of allylic oxidation sites excluding steroid dienone is 1. The summed E-state index contributed by atoms with van der Waals surface area (Å²) in [4.78, 5) is 16.5. The molecule has 0 spiro atoms. The highest BCUT2D eigenvalue weighted by molar-refractivity contribution is 6.70. The minimum Gasteiger partial charge on any atom is -0.520 e. The first-order valence-electron chi connectivity index (χ1n) is 15.4. The molecule has 4 aromatic rings. The normalized spacial score (nSPS) is 11.5. The molecule has 1 atom stereocenters. The zero-order valence-electron chi connectivity index (χ0n) is 28.8. The number of rotatable bonds is 10. The molecule has 244 valence electrons. The number of nitrogens with zero attached hydrogens (tertiary/aromatic N) is 1. The molecule has 0 fully saturated rings. The molecule has 0 aliphatic heterocycles. The molecule has 6 nitrogen and oxygen atoms in total. The van der Waals surface area contributed by atoms with E-state index in [0.29, 0.717) is 5.95 Å². The smallest absolute Gasteiger partial charge is 0.313 e. The summed E-state index contributed by atoms with van der Waals surface area (Å²) in [7, 11) is 1.58. The molecule has 0 radical (unpaired) electrons. The number of anilines is 1. The molecule has 0 heterocycles. The Balaban J connectivity index is 0.000000256. The third-order valence-electron chi connectivity index (χ3n) is 6.56. The molecule has 1 N–H and O–H groups in total. The minimum absolute atomic E-state index is 0.173. The van der Waals surface area contributed by atoms with Crippen LogP contribution in [0.3, 0.4) is 0 Å². The van der Waals surface area contributed by atoms with E-state index in [9.17, 15) is 4.79 Å². The summed E-state index contributed by atoms with van der Waals surface area (Å²) in [5.74, 6) is 0.448. The Hall–Kier alpha value is -4.62. The lowest BCUT2D eigenvalue weighted by Gasteiger charge is -2.33. The Bertz CT molecular complexity index is 1440. The lowest BCUT2D eigenvalue weighted by molar-refractivity contribution is -0.151. The summed E-state index contributed by atoms with van der Waals surface area (Å²) < 4.78 is 15.7. The predicted octanol–water partition coefficient (Wildman–Crippen LogP) is 10.2. The van der Waals surface area contributed by atoms with Crippen LogP contribution in [0.5, 0.6) is 0 Å². The van der Waals surface area contributed by atoms with Crippen LogP contribution in [0.2, 0.25) is 19.6 Å². The Morgan fingerprint density at radius 2 is 1.22 bits per heavy atom.